The minimum Gasteiger partial charge on any atom is -0.481 e. The predicted molar refractivity (Wildman–Crippen MR) is 85.4 cm³/mol. The van der Waals surface area contributed by atoms with Crippen molar-refractivity contribution < 1.29 is 9.47 Å². The van der Waals surface area contributed by atoms with Crippen LogP contribution in [0.3, 0.4) is 0 Å². The Balaban J connectivity index is 2.23. The fourth-order valence-corrected chi connectivity index (χ4v) is 2.24. The van der Waals surface area contributed by atoms with E-state index in [0.29, 0.717) is 5.69 Å². The highest BCUT2D eigenvalue weighted by Crippen LogP contribution is 2.16. The Morgan fingerprint density at radius 1 is 1.04 bits per heavy atom. The summed E-state index contributed by atoms with van der Waals surface area (Å²) >= 11 is 0. The van der Waals surface area contributed by atoms with E-state index in [1.54, 1.807) is 12.1 Å². The Morgan fingerprint density at radius 2 is 1.67 bits per heavy atom. The molecule has 0 aliphatic heterocycles. The highest BCUT2D eigenvalue weighted by molar-refractivity contribution is 5.39. The van der Waals surface area contributed by atoms with Gasteiger partial charge in [-0.25, -0.2) is 19.3 Å². The summed E-state index contributed by atoms with van der Waals surface area (Å²) in [5.74, 6) is 0.349. The Hall–Kier alpha value is -3.36. The molecule has 0 spiro atoms. The number of para-hydroxylation sites is 1. The molecule has 0 aliphatic carbocycles. The largest absolute Gasteiger partial charge is 0.481 e. The molecule has 0 saturated heterocycles. The number of methoxy groups -OCH3 is 2. The number of rotatable bonds is 4. The van der Waals surface area contributed by atoms with Crippen molar-refractivity contribution in [1.29, 1.82) is 0 Å². The SMILES string of the molecule is COc1cc(OC)nc(-n2[nH]c(=O)n(-c3ccccc3C)c2=O)n1. The summed E-state index contributed by atoms with van der Waals surface area (Å²) in [4.78, 5) is 33.1. The summed E-state index contributed by atoms with van der Waals surface area (Å²) in [5, 5.41) is 2.43. The molecule has 0 aliphatic rings. The minimum atomic E-state index is -0.621. The average Bonchev–Trinajstić information content (AvgIpc) is 2.89. The summed E-state index contributed by atoms with van der Waals surface area (Å²) in [5.41, 5.74) is 0.0497. The van der Waals surface area contributed by atoms with E-state index in [9.17, 15) is 9.59 Å². The Morgan fingerprint density at radius 3 is 2.25 bits per heavy atom. The standard InChI is InChI=1S/C15H15N5O4/c1-9-6-4-5-7-10(9)19-14(21)18-20(15(19)22)13-16-11(23-2)8-12(17-13)24-3/h4-8H,1-3H3,(H,18,21). The van der Waals surface area contributed by atoms with Gasteiger partial charge in [-0.3, -0.25) is 0 Å². The van der Waals surface area contributed by atoms with Crippen molar-refractivity contribution in [2.24, 2.45) is 0 Å². The Labute approximate surface area is 136 Å². The molecule has 0 bridgehead atoms. The molecular weight excluding hydrogens is 314 g/mol. The number of nitrogens with one attached hydrogen (secondary N) is 1. The smallest absolute Gasteiger partial charge is 0.359 e. The van der Waals surface area contributed by atoms with Gasteiger partial charge in [0.25, 0.3) is 5.95 Å². The first-order chi connectivity index (χ1) is 11.5. The lowest BCUT2D eigenvalue weighted by Gasteiger charge is -2.06. The van der Waals surface area contributed by atoms with Crippen molar-refractivity contribution in [3.63, 3.8) is 0 Å². The van der Waals surface area contributed by atoms with E-state index in [0.717, 1.165) is 14.8 Å². The highest BCUT2D eigenvalue weighted by atomic mass is 16.5. The van der Waals surface area contributed by atoms with E-state index >= 15 is 0 Å². The molecule has 0 fully saturated rings. The molecule has 124 valence electrons. The Kier molecular flexibility index (Phi) is 3.90. The third-order valence-electron chi connectivity index (χ3n) is 3.44. The van der Waals surface area contributed by atoms with E-state index in [4.69, 9.17) is 9.47 Å². The van der Waals surface area contributed by atoms with E-state index in [1.165, 1.54) is 20.3 Å². The number of hydrogen-bond donors (Lipinski definition) is 1. The molecule has 2 heterocycles. The van der Waals surface area contributed by atoms with Crippen LogP contribution in [0.4, 0.5) is 0 Å². The van der Waals surface area contributed by atoms with Gasteiger partial charge in [-0.2, -0.15) is 14.6 Å². The summed E-state index contributed by atoms with van der Waals surface area (Å²) in [7, 11) is 2.85. The van der Waals surface area contributed by atoms with Crippen LogP contribution >= 0.6 is 0 Å². The first-order valence-corrected chi connectivity index (χ1v) is 7.02. The number of hydrogen-bond acceptors (Lipinski definition) is 6. The van der Waals surface area contributed by atoms with E-state index in [1.807, 2.05) is 19.1 Å². The summed E-state index contributed by atoms with van der Waals surface area (Å²) in [6, 6.07) is 8.53. The van der Waals surface area contributed by atoms with Crippen molar-refractivity contribution >= 4 is 0 Å². The monoisotopic (exact) mass is 329 g/mol. The number of aryl methyl sites for hydroxylation is 1. The maximum Gasteiger partial charge on any atom is 0.359 e. The molecule has 0 atom stereocenters. The van der Waals surface area contributed by atoms with Gasteiger partial charge < -0.3 is 9.47 Å². The highest BCUT2D eigenvalue weighted by Gasteiger charge is 2.17. The average molecular weight is 329 g/mol. The molecule has 2 aromatic heterocycles. The molecule has 0 unspecified atom stereocenters. The molecule has 0 amide bonds. The lowest BCUT2D eigenvalue weighted by Crippen LogP contribution is -2.28. The molecule has 0 saturated carbocycles. The van der Waals surface area contributed by atoms with Crippen molar-refractivity contribution in [3.8, 4) is 23.4 Å². The number of nitrogens with zero attached hydrogens (tertiary/aromatic N) is 4. The van der Waals surface area contributed by atoms with Crippen LogP contribution in [0.1, 0.15) is 5.56 Å². The zero-order valence-corrected chi connectivity index (χ0v) is 13.3. The van der Waals surface area contributed by atoms with Gasteiger partial charge in [-0.05, 0) is 18.6 Å². The third-order valence-corrected chi connectivity index (χ3v) is 3.44. The van der Waals surface area contributed by atoms with Crippen molar-refractivity contribution in [2.45, 2.75) is 6.92 Å². The van der Waals surface area contributed by atoms with Gasteiger partial charge in [0.15, 0.2) is 0 Å². The number of aromatic nitrogens is 5. The quantitative estimate of drug-likeness (QED) is 0.744. The van der Waals surface area contributed by atoms with Gasteiger partial charge in [0.2, 0.25) is 11.8 Å². The van der Waals surface area contributed by atoms with Gasteiger partial charge >= 0.3 is 11.4 Å². The molecule has 1 aromatic carbocycles. The van der Waals surface area contributed by atoms with Crippen LogP contribution in [0, 0.1) is 6.92 Å². The van der Waals surface area contributed by atoms with Gasteiger partial charge in [0.1, 0.15) is 0 Å². The van der Waals surface area contributed by atoms with Crippen LogP contribution < -0.4 is 20.9 Å². The second kappa shape index (κ2) is 6.03. The normalized spacial score (nSPS) is 10.6. The van der Waals surface area contributed by atoms with E-state index < -0.39 is 11.4 Å². The van der Waals surface area contributed by atoms with E-state index in [2.05, 4.69) is 15.1 Å². The van der Waals surface area contributed by atoms with Crippen molar-refractivity contribution in [2.75, 3.05) is 14.2 Å². The molecular formula is C15H15N5O4. The minimum absolute atomic E-state index is 0.0550. The molecule has 9 nitrogen and oxygen atoms in total. The van der Waals surface area contributed by atoms with Crippen LogP contribution in [0.25, 0.3) is 11.6 Å². The van der Waals surface area contributed by atoms with Crippen LogP contribution in [0.2, 0.25) is 0 Å². The van der Waals surface area contributed by atoms with Crippen molar-refractivity contribution in [3.05, 3.63) is 56.9 Å². The number of aromatic amines is 1. The first-order valence-electron chi connectivity index (χ1n) is 7.02. The van der Waals surface area contributed by atoms with Crippen LogP contribution in [-0.4, -0.2) is 38.5 Å². The fourth-order valence-electron chi connectivity index (χ4n) is 2.24. The zero-order chi connectivity index (χ0) is 17.3. The molecule has 3 aromatic rings. The fraction of sp³-hybridized carbons (Fsp3) is 0.200. The summed E-state index contributed by atoms with van der Waals surface area (Å²) in [6.07, 6.45) is 0. The second-order valence-corrected chi connectivity index (χ2v) is 4.91. The van der Waals surface area contributed by atoms with Crippen LogP contribution in [0.15, 0.2) is 39.9 Å². The summed E-state index contributed by atoms with van der Waals surface area (Å²) < 4.78 is 12.1. The molecule has 24 heavy (non-hydrogen) atoms. The number of benzene rings is 1. The van der Waals surface area contributed by atoms with Crippen LogP contribution in [0.5, 0.6) is 11.8 Å². The second-order valence-electron chi connectivity index (χ2n) is 4.91. The van der Waals surface area contributed by atoms with Gasteiger partial charge in [-0.15, -0.1) is 0 Å². The molecule has 3 rings (SSSR count). The maximum absolute atomic E-state index is 12.7. The zero-order valence-electron chi connectivity index (χ0n) is 13.3. The van der Waals surface area contributed by atoms with Gasteiger partial charge in [0.05, 0.1) is 26.0 Å². The predicted octanol–water partition coefficient (Wildman–Crippen LogP) is 0.432. The molecule has 9 heteroatoms. The summed E-state index contributed by atoms with van der Waals surface area (Å²) in [6.45, 7) is 1.81. The molecule has 1 N–H and O–H groups in total. The first kappa shape index (κ1) is 15.5. The molecule has 0 radical (unpaired) electrons. The lowest BCUT2D eigenvalue weighted by molar-refractivity contribution is 0.369. The number of H-pyrrole nitrogens is 1. The van der Waals surface area contributed by atoms with Crippen LogP contribution in [-0.2, 0) is 0 Å². The topological polar surface area (TPSA) is 104 Å². The number of ether oxygens (including phenoxy) is 2. The van der Waals surface area contributed by atoms with E-state index in [-0.39, 0.29) is 17.7 Å². The third kappa shape index (κ3) is 2.56. The lowest BCUT2D eigenvalue weighted by atomic mass is 10.2. The van der Waals surface area contributed by atoms with Gasteiger partial charge in [-0.1, -0.05) is 18.2 Å². The van der Waals surface area contributed by atoms with Crippen molar-refractivity contribution in [1.82, 2.24) is 24.3 Å². The maximum atomic E-state index is 12.7. The van der Waals surface area contributed by atoms with Gasteiger partial charge in [0, 0.05) is 0 Å². The Bertz CT molecular complexity index is 979.